The molecule has 1 aliphatic heterocycles. The van der Waals surface area contributed by atoms with Crippen molar-refractivity contribution in [2.75, 3.05) is 39.1 Å². The molecule has 0 aliphatic carbocycles. The maximum Gasteiger partial charge on any atom is 0.350 e. The molecule has 0 bridgehead atoms. The number of likely N-dealkylation sites (tertiary alicyclic amines) is 1. The highest BCUT2D eigenvalue weighted by molar-refractivity contribution is 7.17. The molecule has 18 heavy (non-hydrogen) atoms. The zero-order chi connectivity index (χ0) is 13.1. The summed E-state index contributed by atoms with van der Waals surface area (Å²) in [5.74, 6) is 0.361. The summed E-state index contributed by atoms with van der Waals surface area (Å²) in [5.41, 5.74) is 0.734. The number of nitrogens with one attached hydrogen (secondary N) is 1. The van der Waals surface area contributed by atoms with Crippen LogP contribution < -0.4 is 5.32 Å². The van der Waals surface area contributed by atoms with Gasteiger partial charge in [-0.2, -0.15) is 0 Å². The highest BCUT2D eigenvalue weighted by atomic mass is 32.1. The summed E-state index contributed by atoms with van der Waals surface area (Å²) in [6.45, 7) is 5.03. The smallest absolute Gasteiger partial charge is 0.350 e. The molecule has 1 atom stereocenters. The van der Waals surface area contributed by atoms with Crippen LogP contribution in [0, 0.1) is 12.8 Å². The molecule has 2 rings (SSSR count). The second kappa shape index (κ2) is 5.67. The average Bonchev–Trinajstić information content (AvgIpc) is 2.92. The van der Waals surface area contributed by atoms with Crippen LogP contribution in [-0.2, 0) is 4.74 Å². The molecule has 1 aromatic rings. The Kier molecular flexibility index (Phi) is 4.19. The van der Waals surface area contributed by atoms with Crippen molar-refractivity contribution in [2.24, 2.45) is 5.92 Å². The lowest BCUT2D eigenvalue weighted by molar-refractivity contribution is 0.0605. The summed E-state index contributed by atoms with van der Waals surface area (Å²) in [5, 5.41) is 4.13. The Hall–Kier alpha value is -1.14. The number of aryl methyl sites for hydroxylation is 1. The van der Waals surface area contributed by atoms with Gasteiger partial charge in [-0.3, -0.25) is 0 Å². The third-order valence-corrected chi connectivity index (χ3v) is 4.29. The van der Waals surface area contributed by atoms with Gasteiger partial charge in [-0.05, 0) is 32.9 Å². The quantitative estimate of drug-likeness (QED) is 0.841. The van der Waals surface area contributed by atoms with Gasteiger partial charge in [0.25, 0.3) is 0 Å². The van der Waals surface area contributed by atoms with Crippen molar-refractivity contribution in [1.82, 2.24) is 9.88 Å². The summed E-state index contributed by atoms with van der Waals surface area (Å²) >= 11 is 1.37. The Morgan fingerprint density at radius 3 is 3.06 bits per heavy atom. The van der Waals surface area contributed by atoms with Crippen molar-refractivity contribution in [3.63, 3.8) is 0 Å². The molecule has 0 saturated carbocycles. The SMILES string of the molecule is COC(=O)c1sc(NCC2CCN(C)C2)nc1C. The van der Waals surface area contributed by atoms with E-state index in [1.807, 2.05) is 6.92 Å². The minimum absolute atomic E-state index is 0.307. The molecular weight excluding hydrogens is 250 g/mol. The molecule has 1 unspecified atom stereocenters. The zero-order valence-corrected chi connectivity index (χ0v) is 11.8. The van der Waals surface area contributed by atoms with Crippen LogP contribution in [0.25, 0.3) is 0 Å². The second-order valence-corrected chi connectivity index (χ2v) is 5.72. The Bertz CT molecular complexity index is 433. The van der Waals surface area contributed by atoms with Crippen molar-refractivity contribution in [3.8, 4) is 0 Å². The van der Waals surface area contributed by atoms with E-state index in [1.54, 1.807) is 0 Å². The summed E-state index contributed by atoms with van der Waals surface area (Å²) in [6, 6.07) is 0. The molecule has 1 N–H and O–H groups in total. The van der Waals surface area contributed by atoms with E-state index >= 15 is 0 Å². The van der Waals surface area contributed by atoms with E-state index in [0.29, 0.717) is 10.8 Å². The third kappa shape index (κ3) is 3.00. The number of esters is 1. The van der Waals surface area contributed by atoms with E-state index in [0.717, 1.165) is 30.5 Å². The van der Waals surface area contributed by atoms with E-state index in [2.05, 4.69) is 22.2 Å². The minimum Gasteiger partial charge on any atom is -0.465 e. The van der Waals surface area contributed by atoms with Crippen LogP contribution in [0.3, 0.4) is 0 Å². The molecular formula is C12H19N3O2S. The number of rotatable bonds is 4. The van der Waals surface area contributed by atoms with Crippen LogP contribution >= 0.6 is 11.3 Å². The van der Waals surface area contributed by atoms with Crippen LogP contribution in [0.15, 0.2) is 0 Å². The fourth-order valence-electron chi connectivity index (χ4n) is 2.18. The van der Waals surface area contributed by atoms with Crippen molar-refractivity contribution in [3.05, 3.63) is 10.6 Å². The standard InChI is InChI=1S/C12H19N3O2S/c1-8-10(11(16)17-3)18-12(14-8)13-6-9-4-5-15(2)7-9/h9H,4-7H2,1-3H3,(H,13,14). The number of methoxy groups -OCH3 is 1. The molecule has 5 nitrogen and oxygen atoms in total. The molecule has 1 fully saturated rings. The van der Waals surface area contributed by atoms with Gasteiger partial charge in [0.15, 0.2) is 5.13 Å². The minimum atomic E-state index is -0.307. The number of carbonyl (C=O) groups is 1. The Morgan fingerprint density at radius 1 is 1.67 bits per heavy atom. The predicted octanol–water partition coefficient (Wildman–Crippen LogP) is 1.60. The lowest BCUT2D eigenvalue weighted by Gasteiger charge is -2.10. The maximum atomic E-state index is 11.5. The fourth-order valence-corrected chi connectivity index (χ4v) is 3.07. The first-order chi connectivity index (χ1) is 8.60. The fraction of sp³-hybridized carbons (Fsp3) is 0.667. The largest absolute Gasteiger partial charge is 0.465 e. The Labute approximate surface area is 111 Å². The normalized spacial score (nSPS) is 20.1. The van der Waals surface area contributed by atoms with Gasteiger partial charge < -0.3 is 15.0 Å². The number of thiazole rings is 1. The van der Waals surface area contributed by atoms with Gasteiger partial charge in [-0.25, -0.2) is 9.78 Å². The topological polar surface area (TPSA) is 54.5 Å². The summed E-state index contributed by atoms with van der Waals surface area (Å²) in [7, 11) is 3.53. The van der Waals surface area contributed by atoms with Crippen LogP contribution in [-0.4, -0.2) is 49.6 Å². The van der Waals surface area contributed by atoms with E-state index in [9.17, 15) is 4.79 Å². The van der Waals surface area contributed by atoms with E-state index in [4.69, 9.17) is 4.74 Å². The average molecular weight is 269 g/mol. The number of nitrogens with zero attached hydrogens (tertiary/aromatic N) is 2. The van der Waals surface area contributed by atoms with E-state index in [1.165, 1.54) is 24.9 Å². The highest BCUT2D eigenvalue weighted by Gasteiger charge is 2.20. The van der Waals surface area contributed by atoms with Crippen LogP contribution in [0.1, 0.15) is 21.8 Å². The first kappa shape index (κ1) is 13.3. The van der Waals surface area contributed by atoms with Crippen molar-refractivity contribution in [2.45, 2.75) is 13.3 Å². The molecule has 6 heteroatoms. The monoisotopic (exact) mass is 269 g/mol. The van der Waals surface area contributed by atoms with Gasteiger partial charge in [-0.1, -0.05) is 11.3 Å². The molecule has 100 valence electrons. The van der Waals surface area contributed by atoms with Crippen molar-refractivity contribution >= 4 is 22.4 Å². The zero-order valence-electron chi connectivity index (χ0n) is 11.0. The summed E-state index contributed by atoms with van der Waals surface area (Å²) in [6.07, 6.45) is 1.22. The van der Waals surface area contributed by atoms with Crippen molar-refractivity contribution in [1.29, 1.82) is 0 Å². The van der Waals surface area contributed by atoms with Gasteiger partial charge in [-0.15, -0.1) is 0 Å². The van der Waals surface area contributed by atoms with E-state index in [-0.39, 0.29) is 5.97 Å². The van der Waals surface area contributed by atoms with E-state index < -0.39 is 0 Å². The maximum absolute atomic E-state index is 11.5. The number of hydrogen-bond donors (Lipinski definition) is 1. The number of aromatic nitrogens is 1. The molecule has 1 saturated heterocycles. The predicted molar refractivity (Wildman–Crippen MR) is 72.3 cm³/mol. The molecule has 0 radical (unpaired) electrons. The number of ether oxygens (including phenoxy) is 1. The third-order valence-electron chi connectivity index (χ3n) is 3.20. The lowest BCUT2D eigenvalue weighted by atomic mass is 10.1. The molecule has 0 amide bonds. The molecule has 0 aromatic carbocycles. The molecule has 0 spiro atoms. The lowest BCUT2D eigenvalue weighted by Crippen LogP contribution is -2.19. The summed E-state index contributed by atoms with van der Waals surface area (Å²) in [4.78, 5) is 18.7. The number of anilines is 1. The Morgan fingerprint density at radius 2 is 2.44 bits per heavy atom. The molecule has 1 aromatic heterocycles. The molecule has 2 heterocycles. The van der Waals surface area contributed by atoms with Gasteiger partial charge in [0.05, 0.1) is 12.8 Å². The second-order valence-electron chi connectivity index (χ2n) is 4.72. The van der Waals surface area contributed by atoms with Gasteiger partial charge in [0.1, 0.15) is 4.88 Å². The van der Waals surface area contributed by atoms with Crippen molar-refractivity contribution < 1.29 is 9.53 Å². The van der Waals surface area contributed by atoms with Crippen LogP contribution in [0.5, 0.6) is 0 Å². The number of hydrogen-bond acceptors (Lipinski definition) is 6. The first-order valence-electron chi connectivity index (χ1n) is 6.08. The first-order valence-corrected chi connectivity index (χ1v) is 6.90. The summed E-state index contributed by atoms with van der Waals surface area (Å²) < 4.78 is 4.72. The van der Waals surface area contributed by atoms with Gasteiger partial charge in [0.2, 0.25) is 0 Å². The van der Waals surface area contributed by atoms with Crippen LogP contribution in [0.2, 0.25) is 0 Å². The Balaban J connectivity index is 1.92. The van der Waals surface area contributed by atoms with Gasteiger partial charge >= 0.3 is 5.97 Å². The van der Waals surface area contributed by atoms with Gasteiger partial charge in [0, 0.05) is 13.1 Å². The highest BCUT2D eigenvalue weighted by Crippen LogP contribution is 2.24. The molecule has 1 aliphatic rings. The number of carbonyl (C=O) groups excluding carboxylic acids is 1. The van der Waals surface area contributed by atoms with Crippen LogP contribution in [0.4, 0.5) is 5.13 Å².